The predicted octanol–water partition coefficient (Wildman–Crippen LogP) is 4.87. The number of anilines is 2. The van der Waals surface area contributed by atoms with Gasteiger partial charge in [0, 0.05) is 37.9 Å². The molecule has 1 spiro atoms. The van der Waals surface area contributed by atoms with Gasteiger partial charge in [-0.2, -0.15) is 8.78 Å². The molecule has 2 aliphatic rings. The van der Waals surface area contributed by atoms with Gasteiger partial charge in [0.05, 0.1) is 5.41 Å². The second-order valence-corrected chi connectivity index (χ2v) is 8.31. The minimum Gasteiger partial charge on any atom is -0.433 e. The Bertz CT molecular complexity index is 982. The van der Waals surface area contributed by atoms with Crippen LogP contribution in [-0.4, -0.2) is 42.6 Å². The van der Waals surface area contributed by atoms with Crippen LogP contribution in [-0.2, 0) is 4.79 Å². The molecule has 0 radical (unpaired) electrons. The molecule has 170 valence electrons. The summed E-state index contributed by atoms with van der Waals surface area (Å²) in [5.41, 5.74) is 0.612. The average molecular weight is 447 g/mol. The van der Waals surface area contributed by atoms with Crippen molar-refractivity contribution >= 4 is 23.3 Å². The van der Waals surface area contributed by atoms with Crippen molar-refractivity contribution in [2.45, 2.75) is 32.3 Å². The summed E-state index contributed by atoms with van der Waals surface area (Å²) in [4.78, 5) is 29.1. The third kappa shape index (κ3) is 4.66. The van der Waals surface area contributed by atoms with E-state index in [1.807, 2.05) is 0 Å². The predicted molar refractivity (Wildman–Crippen MR) is 113 cm³/mol. The summed E-state index contributed by atoms with van der Waals surface area (Å²) in [7, 11) is 0. The van der Waals surface area contributed by atoms with Gasteiger partial charge in [-0.1, -0.05) is 0 Å². The summed E-state index contributed by atoms with van der Waals surface area (Å²) in [6, 6.07) is 11.3. The zero-order chi connectivity index (χ0) is 22.9. The lowest BCUT2D eigenvalue weighted by molar-refractivity contribution is -0.158. The highest BCUT2D eigenvalue weighted by Gasteiger charge is 2.49. The van der Waals surface area contributed by atoms with Crippen LogP contribution in [0.5, 0.6) is 5.75 Å². The van der Waals surface area contributed by atoms with E-state index in [-0.39, 0.29) is 23.5 Å². The molecule has 2 aromatic rings. The van der Waals surface area contributed by atoms with Crippen molar-refractivity contribution in [2.24, 2.45) is 5.41 Å². The van der Waals surface area contributed by atoms with Crippen LogP contribution in [0.25, 0.3) is 0 Å². The van der Waals surface area contributed by atoms with Crippen molar-refractivity contribution in [1.29, 1.82) is 0 Å². The number of amides is 3. The first kappa shape index (κ1) is 22.0. The number of nitrogens with one attached hydrogen (secondary N) is 1. The molecule has 0 unspecified atom stereocenters. The third-order valence-corrected chi connectivity index (χ3v) is 6.06. The standard InChI is InChI=1S/C23H24F3N3O3/c1-22(25,26)32-19-8-6-18(7-9-19)29-15-12-23(20(29)30)10-13-28(14-11-23)21(31)27-17-4-2-16(24)3-5-17/h2-9H,10-15H2,1H3,(H,27,31). The Labute approximate surface area is 183 Å². The first-order valence-corrected chi connectivity index (χ1v) is 10.5. The highest BCUT2D eigenvalue weighted by Crippen LogP contribution is 2.43. The maximum absolute atomic E-state index is 13.2. The first-order valence-electron chi connectivity index (χ1n) is 10.5. The molecule has 0 bridgehead atoms. The van der Waals surface area contributed by atoms with Crippen LogP contribution in [0.15, 0.2) is 48.5 Å². The fourth-order valence-corrected chi connectivity index (χ4v) is 4.31. The third-order valence-electron chi connectivity index (χ3n) is 6.06. The molecule has 9 heteroatoms. The van der Waals surface area contributed by atoms with Crippen LogP contribution in [0.2, 0.25) is 0 Å². The minimum absolute atomic E-state index is 0.00872. The minimum atomic E-state index is -3.27. The fraction of sp³-hybridized carbons (Fsp3) is 0.391. The molecule has 32 heavy (non-hydrogen) atoms. The van der Waals surface area contributed by atoms with Gasteiger partial charge in [-0.15, -0.1) is 0 Å². The zero-order valence-electron chi connectivity index (χ0n) is 17.6. The van der Waals surface area contributed by atoms with E-state index in [2.05, 4.69) is 10.1 Å². The number of carbonyl (C=O) groups excluding carboxylic acids is 2. The van der Waals surface area contributed by atoms with E-state index < -0.39 is 11.5 Å². The molecule has 1 N–H and O–H groups in total. The Morgan fingerprint density at radius 1 is 1.00 bits per heavy atom. The molecule has 6 nitrogen and oxygen atoms in total. The van der Waals surface area contributed by atoms with Gasteiger partial charge >= 0.3 is 12.1 Å². The van der Waals surface area contributed by atoms with E-state index in [0.29, 0.717) is 57.2 Å². The monoisotopic (exact) mass is 447 g/mol. The molecule has 0 atom stereocenters. The number of nitrogens with zero attached hydrogens (tertiary/aromatic N) is 2. The highest BCUT2D eigenvalue weighted by atomic mass is 19.3. The van der Waals surface area contributed by atoms with Crippen LogP contribution in [0.3, 0.4) is 0 Å². The number of ether oxygens (including phenoxy) is 1. The number of halogens is 3. The van der Waals surface area contributed by atoms with Crippen molar-refractivity contribution in [2.75, 3.05) is 29.9 Å². The molecule has 2 fully saturated rings. The number of carbonyl (C=O) groups is 2. The average Bonchev–Trinajstić information content (AvgIpc) is 3.05. The van der Waals surface area contributed by atoms with Gasteiger partial charge in [-0.25, -0.2) is 9.18 Å². The molecule has 2 aromatic carbocycles. The lowest BCUT2D eigenvalue weighted by Crippen LogP contribution is -2.47. The molecule has 0 aromatic heterocycles. The Morgan fingerprint density at radius 3 is 2.19 bits per heavy atom. The number of hydrogen-bond donors (Lipinski definition) is 1. The molecule has 0 saturated carbocycles. The number of rotatable bonds is 4. The molecule has 2 heterocycles. The molecule has 2 saturated heterocycles. The van der Waals surface area contributed by atoms with Crippen LogP contribution < -0.4 is 15.0 Å². The first-order chi connectivity index (χ1) is 15.2. The van der Waals surface area contributed by atoms with E-state index in [1.165, 1.54) is 36.4 Å². The van der Waals surface area contributed by atoms with E-state index >= 15 is 0 Å². The smallest absolute Gasteiger partial charge is 0.394 e. The van der Waals surface area contributed by atoms with Crippen LogP contribution >= 0.6 is 0 Å². The highest BCUT2D eigenvalue weighted by molar-refractivity contribution is 6.00. The van der Waals surface area contributed by atoms with Gasteiger partial charge in [0.1, 0.15) is 11.6 Å². The molecule has 2 aliphatic heterocycles. The van der Waals surface area contributed by atoms with Gasteiger partial charge in [0.15, 0.2) is 0 Å². The summed E-state index contributed by atoms with van der Waals surface area (Å²) in [6.45, 7) is 2.07. The van der Waals surface area contributed by atoms with Gasteiger partial charge < -0.3 is 19.9 Å². The Balaban J connectivity index is 1.35. The van der Waals surface area contributed by atoms with Crippen LogP contribution in [0.1, 0.15) is 26.2 Å². The van der Waals surface area contributed by atoms with Crippen molar-refractivity contribution < 1.29 is 27.5 Å². The van der Waals surface area contributed by atoms with Crippen LogP contribution in [0.4, 0.5) is 29.3 Å². The number of urea groups is 1. The summed E-state index contributed by atoms with van der Waals surface area (Å²) in [6.07, 6.45) is -1.51. The van der Waals surface area contributed by atoms with Gasteiger partial charge in [-0.05, 0) is 67.8 Å². The summed E-state index contributed by atoms with van der Waals surface area (Å²) in [5, 5.41) is 2.74. The van der Waals surface area contributed by atoms with E-state index in [1.54, 1.807) is 21.9 Å². The lowest BCUT2D eigenvalue weighted by atomic mass is 9.77. The summed E-state index contributed by atoms with van der Waals surface area (Å²) >= 11 is 0. The molecule has 3 amide bonds. The van der Waals surface area contributed by atoms with E-state index in [0.717, 1.165) is 0 Å². The van der Waals surface area contributed by atoms with Gasteiger partial charge in [-0.3, -0.25) is 4.79 Å². The molecular weight excluding hydrogens is 423 g/mol. The normalized spacial score (nSPS) is 18.2. The zero-order valence-corrected chi connectivity index (χ0v) is 17.6. The fourth-order valence-electron chi connectivity index (χ4n) is 4.31. The topological polar surface area (TPSA) is 61.9 Å². The number of hydrogen-bond acceptors (Lipinski definition) is 3. The maximum Gasteiger partial charge on any atom is 0.394 e. The van der Waals surface area contributed by atoms with Crippen molar-refractivity contribution in [3.05, 3.63) is 54.3 Å². The van der Waals surface area contributed by atoms with Crippen molar-refractivity contribution in [3.8, 4) is 5.75 Å². The lowest BCUT2D eigenvalue weighted by Gasteiger charge is -2.37. The van der Waals surface area contributed by atoms with E-state index in [4.69, 9.17) is 0 Å². The van der Waals surface area contributed by atoms with E-state index in [9.17, 15) is 22.8 Å². The number of likely N-dealkylation sites (tertiary alicyclic amines) is 1. The second kappa shape index (κ2) is 8.37. The van der Waals surface area contributed by atoms with Crippen LogP contribution in [0, 0.1) is 11.2 Å². The summed E-state index contributed by atoms with van der Waals surface area (Å²) < 4.78 is 43.6. The van der Waals surface area contributed by atoms with Gasteiger partial charge in [0.25, 0.3) is 0 Å². The van der Waals surface area contributed by atoms with Gasteiger partial charge in [0.2, 0.25) is 5.91 Å². The van der Waals surface area contributed by atoms with Crippen molar-refractivity contribution in [3.63, 3.8) is 0 Å². The quantitative estimate of drug-likeness (QED) is 0.728. The summed E-state index contributed by atoms with van der Waals surface area (Å²) in [5.74, 6) is -0.355. The Morgan fingerprint density at radius 2 is 1.59 bits per heavy atom. The largest absolute Gasteiger partial charge is 0.433 e. The maximum atomic E-state index is 13.2. The SMILES string of the molecule is CC(F)(F)Oc1ccc(N2CCC3(CCN(C(=O)Nc4ccc(F)cc4)CC3)C2=O)cc1. The number of piperidine rings is 1. The molecular formula is C23H24F3N3O3. The molecule has 0 aliphatic carbocycles. The van der Waals surface area contributed by atoms with Crippen molar-refractivity contribution in [1.82, 2.24) is 4.90 Å². The molecule has 4 rings (SSSR count). The Kier molecular flexibility index (Phi) is 5.75. The second-order valence-electron chi connectivity index (χ2n) is 8.31. The number of alkyl halides is 2. The Hall–Kier alpha value is -3.23. The number of benzene rings is 2.